The molecule has 1 fully saturated rings. The second-order valence-corrected chi connectivity index (χ2v) is 5.79. The van der Waals surface area contributed by atoms with Gasteiger partial charge in [0.05, 0.1) is 0 Å². The van der Waals surface area contributed by atoms with Crippen molar-refractivity contribution in [3.8, 4) is 0 Å². The van der Waals surface area contributed by atoms with Gasteiger partial charge >= 0.3 is 0 Å². The molecule has 1 amide bonds. The number of anilines is 2. The van der Waals surface area contributed by atoms with Crippen molar-refractivity contribution < 1.29 is 4.79 Å². The Labute approximate surface area is 125 Å². The standard InChI is InChI=1S/C14H24N6O/c1-8(2)12-17-13(19-16)9(3)14(18-12)20-7-5-4-6-10(20)11(15)21/h8,10H,4-7,16H2,1-3H3,(H2,15,21)(H,17,18,19). The third kappa shape index (κ3) is 3.07. The summed E-state index contributed by atoms with van der Waals surface area (Å²) in [5, 5.41) is 0. The molecule has 1 saturated heterocycles. The van der Waals surface area contributed by atoms with Crippen LogP contribution in [0.5, 0.6) is 0 Å². The van der Waals surface area contributed by atoms with Crippen molar-refractivity contribution >= 4 is 17.5 Å². The lowest BCUT2D eigenvalue weighted by atomic mass is 10.0. The van der Waals surface area contributed by atoms with E-state index in [0.29, 0.717) is 11.6 Å². The van der Waals surface area contributed by atoms with Crippen molar-refractivity contribution in [2.75, 3.05) is 16.9 Å². The maximum absolute atomic E-state index is 11.7. The summed E-state index contributed by atoms with van der Waals surface area (Å²) in [6.45, 7) is 6.72. The maximum atomic E-state index is 11.7. The second-order valence-electron chi connectivity index (χ2n) is 5.79. The number of hydrogen-bond donors (Lipinski definition) is 3. The summed E-state index contributed by atoms with van der Waals surface area (Å²) in [6.07, 6.45) is 2.80. The summed E-state index contributed by atoms with van der Waals surface area (Å²) in [4.78, 5) is 22.8. The van der Waals surface area contributed by atoms with E-state index in [0.717, 1.165) is 37.2 Å². The quantitative estimate of drug-likeness (QED) is 0.565. The highest BCUT2D eigenvalue weighted by Crippen LogP contribution is 2.30. The second kappa shape index (κ2) is 6.26. The predicted molar refractivity (Wildman–Crippen MR) is 82.8 cm³/mol. The van der Waals surface area contributed by atoms with Crippen LogP contribution in [0.2, 0.25) is 0 Å². The van der Waals surface area contributed by atoms with Crippen LogP contribution in [0.15, 0.2) is 0 Å². The maximum Gasteiger partial charge on any atom is 0.240 e. The molecule has 1 aliphatic heterocycles. The van der Waals surface area contributed by atoms with E-state index in [4.69, 9.17) is 11.6 Å². The lowest BCUT2D eigenvalue weighted by molar-refractivity contribution is -0.119. The molecule has 0 radical (unpaired) electrons. The highest BCUT2D eigenvalue weighted by Gasteiger charge is 2.30. The zero-order chi connectivity index (χ0) is 15.6. The molecule has 5 N–H and O–H groups in total. The average molecular weight is 292 g/mol. The minimum atomic E-state index is -0.307. The molecule has 2 heterocycles. The minimum Gasteiger partial charge on any atom is -0.368 e. The molecule has 0 bridgehead atoms. The van der Waals surface area contributed by atoms with Crippen LogP contribution in [0.25, 0.3) is 0 Å². The summed E-state index contributed by atoms with van der Waals surface area (Å²) in [6, 6.07) is -0.307. The van der Waals surface area contributed by atoms with E-state index in [2.05, 4.69) is 15.4 Å². The molecule has 0 aromatic carbocycles. The van der Waals surface area contributed by atoms with Crippen LogP contribution in [0.3, 0.4) is 0 Å². The topological polar surface area (TPSA) is 110 Å². The first kappa shape index (κ1) is 15.5. The molecule has 2 rings (SSSR count). The van der Waals surface area contributed by atoms with Gasteiger partial charge in [-0.3, -0.25) is 4.79 Å². The third-order valence-electron chi connectivity index (χ3n) is 3.89. The van der Waals surface area contributed by atoms with Gasteiger partial charge in [-0.25, -0.2) is 15.8 Å². The van der Waals surface area contributed by atoms with E-state index in [1.165, 1.54) is 0 Å². The van der Waals surface area contributed by atoms with Crippen molar-refractivity contribution in [2.45, 2.75) is 52.0 Å². The molecule has 1 aliphatic rings. The Balaban J connectivity index is 2.49. The van der Waals surface area contributed by atoms with Gasteiger partial charge in [0.2, 0.25) is 5.91 Å². The lowest BCUT2D eigenvalue weighted by Gasteiger charge is -2.36. The predicted octanol–water partition coefficient (Wildman–Crippen LogP) is 1.04. The van der Waals surface area contributed by atoms with E-state index in [9.17, 15) is 4.79 Å². The van der Waals surface area contributed by atoms with Crippen LogP contribution in [-0.2, 0) is 4.79 Å². The van der Waals surface area contributed by atoms with E-state index in [1.54, 1.807) is 0 Å². The number of nitrogens with zero attached hydrogens (tertiary/aromatic N) is 3. The molecule has 0 aliphatic carbocycles. The number of hydrogen-bond acceptors (Lipinski definition) is 6. The van der Waals surface area contributed by atoms with Crippen molar-refractivity contribution in [3.05, 3.63) is 11.4 Å². The first-order valence-electron chi connectivity index (χ1n) is 7.36. The number of nitrogens with one attached hydrogen (secondary N) is 1. The van der Waals surface area contributed by atoms with Gasteiger partial charge in [0.15, 0.2) is 0 Å². The van der Waals surface area contributed by atoms with Crippen LogP contribution < -0.4 is 21.9 Å². The van der Waals surface area contributed by atoms with Crippen LogP contribution in [-0.4, -0.2) is 28.5 Å². The van der Waals surface area contributed by atoms with Crippen molar-refractivity contribution in [1.82, 2.24) is 9.97 Å². The number of carbonyl (C=O) groups is 1. The molecule has 0 spiro atoms. The molecule has 7 heteroatoms. The first-order chi connectivity index (χ1) is 9.95. The highest BCUT2D eigenvalue weighted by atomic mass is 16.1. The Morgan fingerprint density at radius 3 is 2.67 bits per heavy atom. The molecule has 1 aromatic rings. The van der Waals surface area contributed by atoms with E-state index in [-0.39, 0.29) is 17.9 Å². The number of nitrogens with two attached hydrogens (primary N) is 2. The molecule has 1 aromatic heterocycles. The Morgan fingerprint density at radius 1 is 1.38 bits per heavy atom. The molecule has 7 nitrogen and oxygen atoms in total. The smallest absolute Gasteiger partial charge is 0.240 e. The Bertz CT molecular complexity index is 530. The van der Waals surface area contributed by atoms with Gasteiger partial charge in [0, 0.05) is 18.0 Å². The van der Waals surface area contributed by atoms with Crippen molar-refractivity contribution in [3.63, 3.8) is 0 Å². The lowest BCUT2D eigenvalue weighted by Crippen LogP contribution is -2.48. The zero-order valence-corrected chi connectivity index (χ0v) is 12.9. The summed E-state index contributed by atoms with van der Waals surface area (Å²) in [5.41, 5.74) is 9.01. The minimum absolute atomic E-state index is 0.174. The van der Waals surface area contributed by atoms with E-state index >= 15 is 0 Å². The van der Waals surface area contributed by atoms with Crippen LogP contribution in [0.1, 0.15) is 50.4 Å². The Hall–Kier alpha value is -1.89. The van der Waals surface area contributed by atoms with Gasteiger partial charge in [0.25, 0.3) is 0 Å². The fourth-order valence-corrected chi connectivity index (χ4v) is 2.68. The van der Waals surface area contributed by atoms with Gasteiger partial charge in [0.1, 0.15) is 23.5 Å². The average Bonchev–Trinajstić information content (AvgIpc) is 2.47. The highest BCUT2D eigenvalue weighted by molar-refractivity contribution is 5.84. The molecule has 0 saturated carbocycles. The first-order valence-corrected chi connectivity index (χ1v) is 7.36. The summed E-state index contributed by atoms with van der Waals surface area (Å²) in [7, 11) is 0. The number of hydrazine groups is 1. The van der Waals surface area contributed by atoms with Crippen molar-refractivity contribution in [1.29, 1.82) is 0 Å². The molecular weight excluding hydrogens is 268 g/mol. The fourth-order valence-electron chi connectivity index (χ4n) is 2.68. The molecule has 116 valence electrons. The van der Waals surface area contributed by atoms with Crippen LogP contribution in [0.4, 0.5) is 11.6 Å². The number of aromatic nitrogens is 2. The Kier molecular flexibility index (Phi) is 4.62. The monoisotopic (exact) mass is 292 g/mol. The number of carbonyl (C=O) groups excluding carboxylic acids is 1. The molecule has 1 unspecified atom stereocenters. The number of primary amides is 1. The van der Waals surface area contributed by atoms with Gasteiger partial charge in [-0.15, -0.1) is 0 Å². The fraction of sp³-hybridized carbons (Fsp3) is 0.643. The summed E-state index contributed by atoms with van der Waals surface area (Å²) in [5.74, 6) is 7.49. The Morgan fingerprint density at radius 2 is 2.10 bits per heavy atom. The largest absolute Gasteiger partial charge is 0.368 e. The van der Waals surface area contributed by atoms with Gasteiger partial charge in [-0.05, 0) is 26.2 Å². The van der Waals surface area contributed by atoms with E-state index < -0.39 is 0 Å². The van der Waals surface area contributed by atoms with Gasteiger partial charge < -0.3 is 16.1 Å². The van der Waals surface area contributed by atoms with Crippen LogP contribution in [0, 0.1) is 6.92 Å². The van der Waals surface area contributed by atoms with Gasteiger partial charge in [-0.2, -0.15) is 0 Å². The molecular formula is C14H24N6O. The normalized spacial score (nSPS) is 18.9. The van der Waals surface area contributed by atoms with Gasteiger partial charge in [-0.1, -0.05) is 13.8 Å². The zero-order valence-electron chi connectivity index (χ0n) is 12.9. The van der Waals surface area contributed by atoms with Crippen LogP contribution >= 0.6 is 0 Å². The van der Waals surface area contributed by atoms with E-state index in [1.807, 2.05) is 25.7 Å². The number of rotatable bonds is 4. The van der Waals surface area contributed by atoms with Crippen molar-refractivity contribution in [2.24, 2.45) is 11.6 Å². The molecule has 1 atom stereocenters. The number of piperidine rings is 1. The number of nitrogen functional groups attached to an aromatic ring is 1. The summed E-state index contributed by atoms with van der Waals surface area (Å²) >= 11 is 0. The SMILES string of the molecule is Cc1c(NN)nc(C(C)C)nc1N1CCCCC1C(N)=O. The third-order valence-corrected chi connectivity index (χ3v) is 3.89. The molecule has 21 heavy (non-hydrogen) atoms. The summed E-state index contributed by atoms with van der Waals surface area (Å²) < 4.78 is 0. The number of amides is 1.